The monoisotopic (exact) mass is 274 g/mol. The Morgan fingerprint density at radius 1 is 1.71 bits per heavy atom. The van der Waals surface area contributed by atoms with Crippen molar-refractivity contribution < 1.29 is 4.79 Å². The third kappa shape index (κ3) is 2.11. The van der Waals surface area contributed by atoms with Gasteiger partial charge in [-0.15, -0.1) is 0 Å². The molecular weight excluding hydrogens is 263 g/mol. The number of amidine groups is 1. The Morgan fingerprint density at radius 3 is 3.14 bits per heavy atom. The molecule has 14 heavy (non-hydrogen) atoms. The molecule has 0 atom stereocenters. The predicted molar refractivity (Wildman–Crippen MR) is 59.5 cm³/mol. The molecule has 1 aliphatic rings. The van der Waals surface area contributed by atoms with Crippen molar-refractivity contribution in [1.82, 2.24) is 4.90 Å². The Labute approximate surface area is 92.7 Å². The molecule has 0 aliphatic carbocycles. The van der Waals surface area contributed by atoms with E-state index in [-0.39, 0.29) is 20.3 Å². The molecule has 0 bridgehead atoms. The second kappa shape index (κ2) is 4.34. The zero-order chi connectivity index (χ0) is 9.97. The van der Waals surface area contributed by atoms with Gasteiger partial charge in [0.05, 0.1) is 0 Å². The molecule has 0 saturated carbocycles. The van der Waals surface area contributed by atoms with E-state index < -0.39 is 0 Å². The summed E-state index contributed by atoms with van der Waals surface area (Å²) in [6, 6.07) is 3.84. The van der Waals surface area contributed by atoms with E-state index >= 15 is 0 Å². The summed E-state index contributed by atoms with van der Waals surface area (Å²) in [6.07, 6.45) is 0. The van der Waals surface area contributed by atoms with E-state index in [1.165, 1.54) is 11.8 Å². The normalized spacial score (nSPS) is 16.3. The van der Waals surface area contributed by atoms with Crippen molar-refractivity contribution in [3.8, 4) is 0 Å². The topological polar surface area (TPSA) is 44.2 Å². The Hall–Kier alpha value is -0.511. The van der Waals surface area contributed by atoms with Gasteiger partial charge < -0.3 is 0 Å². The third-order valence-electron chi connectivity index (χ3n) is 2.02. The van der Waals surface area contributed by atoms with E-state index in [0.717, 1.165) is 16.7 Å². The Bertz CT molecular complexity index is 350. The first kappa shape index (κ1) is 10.0. The zero-order valence-electron chi connectivity index (χ0n) is 7.53. The Kier molecular flexibility index (Phi) is 3.11. The third-order valence-corrected chi connectivity index (χ3v) is 4.85. The van der Waals surface area contributed by atoms with E-state index in [1.54, 1.807) is 0 Å². The van der Waals surface area contributed by atoms with Gasteiger partial charge in [0.15, 0.2) is 0 Å². The number of thioether (sulfide) groups is 1. The van der Waals surface area contributed by atoms with Gasteiger partial charge in [-0.1, -0.05) is 0 Å². The van der Waals surface area contributed by atoms with E-state index in [0.29, 0.717) is 11.7 Å². The fourth-order valence-electron chi connectivity index (χ4n) is 1.28. The van der Waals surface area contributed by atoms with Crippen LogP contribution in [0.2, 0.25) is 0 Å². The first-order chi connectivity index (χ1) is 6.77. The molecule has 0 aromatic carbocycles. The van der Waals surface area contributed by atoms with Crippen LogP contribution in [-0.2, 0) is 0 Å². The van der Waals surface area contributed by atoms with Crippen LogP contribution in [0.4, 0.5) is 0 Å². The van der Waals surface area contributed by atoms with E-state index in [4.69, 9.17) is 5.41 Å². The molecule has 2 heterocycles. The van der Waals surface area contributed by atoms with Crippen molar-refractivity contribution in [2.75, 3.05) is 18.8 Å². The van der Waals surface area contributed by atoms with Gasteiger partial charge >= 0.3 is 92.7 Å². The molecule has 0 radical (unpaired) electrons. The molecule has 2 rings (SSSR count). The molecule has 5 heteroatoms. The number of Topliss-reactive ketones (excluding diaryl/α,β-unsaturated/α-hetero) is 1. The number of nitrogens with zero attached hydrogens (tertiary/aromatic N) is 1. The Balaban J connectivity index is 1.98. The molecule has 1 aliphatic heterocycles. The van der Waals surface area contributed by atoms with Gasteiger partial charge in [-0.2, -0.15) is 0 Å². The summed E-state index contributed by atoms with van der Waals surface area (Å²) in [7, 11) is 0. The first-order valence-corrected chi connectivity index (χ1v) is 7.13. The Morgan fingerprint density at radius 2 is 2.57 bits per heavy atom. The second-order valence-corrected chi connectivity index (χ2v) is 6.05. The van der Waals surface area contributed by atoms with E-state index in [2.05, 4.69) is 0 Å². The summed E-state index contributed by atoms with van der Waals surface area (Å²) in [5, 5.41) is 8.12. The number of hydrogen-bond acceptors (Lipinski definition) is 3. The molecule has 1 saturated heterocycles. The van der Waals surface area contributed by atoms with Crippen molar-refractivity contribution in [1.29, 1.82) is 5.41 Å². The molecule has 1 fully saturated rings. The zero-order valence-corrected chi connectivity index (χ0v) is 10.1. The molecule has 3 nitrogen and oxygen atoms in total. The molecule has 1 aromatic heterocycles. The SMILES string of the molecule is N=C1SCCN1CC(=O)c1ccc[se]1. The van der Waals surface area contributed by atoms with Crippen LogP contribution in [0.3, 0.4) is 0 Å². The van der Waals surface area contributed by atoms with Gasteiger partial charge in [0.25, 0.3) is 0 Å². The summed E-state index contributed by atoms with van der Waals surface area (Å²) in [4.78, 5) is 15.6. The minimum absolute atomic E-state index is 0.183. The van der Waals surface area contributed by atoms with E-state index in [1.807, 2.05) is 22.0 Å². The second-order valence-electron chi connectivity index (χ2n) is 2.98. The fraction of sp³-hybridized carbons (Fsp3) is 0.333. The maximum absolute atomic E-state index is 11.7. The van der Waals surface area contributed by atoms with Crippen molar-refractivity contribution in [3.63, 3.8) is 0 Å². The maximum atomic E-state index is 11.7. The van der Waals surface area contributed by atoms with Gasteiger partial charge in [0.1, 0.15) is 0 Å². The van der Waals surface area contributed by atoms with Crippen LogP contribution < -0.4 is 0 Å². The molecule has 1 aromatic rings. The molecule has 0 unspecified atom stereocenters. The van der Waals surface area contributed by atoms with Crippen LogP contribution in [0.5, 0.6) is 0 Å². The molecule has 0 amide bonds. The summed E-state index contributed by atoms with van der Waals surface area (Å²) in [6.45, 7) is 1.23. The van der Waals surface area contributed by atoms with Crippen molar-refractivity contribution in [3.05, 3.63) is 21.5 Å². The average Bonchev–Trinajstić information content (AvgIpc) is 2.77. The summed E-state index contributed by atoms with van der Waals surface area (Å²) in [5.74, 6) is 1.12. The van der Waals surface area contributed by atoms with Crippen LogP contribution in [0.1, 0.15) is 9.23 Å². The molecule has 1 N–H and O–H groups in total. The van der Waals surface area contributed by atoms with Crippen molar-refractivity contribution in [2.24, 2.45) is 0 Å². The van der Waals surface area contributed by atoms with Crippen molar-refractivity contribution in [2.45, 2.75) is 0 Å². The van der Waals surface area contributed by atoms with Gasteiger partial charge in [-0.05, 0) is 0 Å². The van der Waals surface area contributed by atoms with Crippen molar-refractivity contribution >= 4 is 37.2 Å². The summed E-state index contributed by atoms with van der Waals surface area (Å²) >= 11 is 1.75. The number of carbonyl (C=O) groups is 1. The van der Waals surface area contributed by atoms with Crippen LogP contribution in [0.25, 0.3) is 0 Å². The molecule has 0 spiro atoms. The van der Waals surface area contributed by atoms with Crippen LogP contribution >= 0.6 is 11.8 Å². The average molecular weight is 273 g/mol. The standard InChI is InChI=1S/C9H10N2OSSe/c10-9-11(3-4-13-9)6-7(12)8-2-1-5-14-8/h1-2,5,10H,3-4,6H2. The summed E-state index contributed by atoms with van der Waals surface area (Å²) in [5.41, 5.74) is 0. The quantitative estimate of drug-likeness (QED) is 0.657. The minimum atomic E-state index is 0.183. The number of carbonyl (C=O) groups excluding carboxylic acids is 1. The van der Waals surface area contributed by atoms with Crippen LogP contribution in [0, 0.1) is 5.41 Å². The van der Waals surface area contributed by atoms with Crippen LogP contribution in [0.15, 0.2) is 17.1 Å². The van der Waals surface area contributed by atoms with E-state index in [9.17, 15) is 4.79 Å². The van der Waals surface area contributed by atoms with Gasteiger partial charge in [-0.3, -0.25) is 0 Å². The van der Waals surface area contributed by atoms with Crippen LogP contribution in [-0.4, -0.2) is 49.2 Å². The number of rotatable bonds is 3. The van der Waals surface area contributed by atoms with Gasteiger partial charge in [-0.25, -0.2) is 0 Å². The molecular formula is C9H10N2OSSe. The molecule has 74 valence electrons. The summed E-state index contributed by atoms with van der Waals surface area (Å²) < 4.78 is 0.933. The van der Waals surface area contributed by atoms with Gasteiger partial charge in [0.2, 0.25) is 0 Å². The van der Waals surface area contributed by atoms with Gasteiger partial charge in [0, 0.05) is 0 Å². The fourth-order valence-corrected chi connectivity index (χ4v) is 3.51. The number of nitrogens with one attached hydrogen (secondary N) is 1. The number of hydrogen-bond donors (Lipinski definition) is 1. The first-order valence-electron chi connectivity index (χ1n) is 4.30. The number of ketones is 1. The predicted octanol–water partition coefficient (Wildman–Crippen LogP) is 0.910.